The lowest BCUT2D eigenvalue weighted by molar-refractivity contribution is -0.158. The van der Waals surface area contributed by atoms with Gasteiger partial charge < -0.3 is 34.7 Å². The number of carbonyl (C=O) groups excluding carboxylic acids is 3. The summed E-state index contributed by atoms with van der Waals surface area (Å²) in [6, 6.07) is 13.2. The molecule has 270 valence electrons. The molecule has 12 heteroatoms. The molecule has 2 aromatic rings. The van der Waals surface area contributed by atoms with Crippen molar-refractivity contribution in [3.63, 3.8) is 0 Å². The number of halogens is 1. The predicted octanol–water partition coefficient (Wildman–Crippen LogP) is 5.95. The summed E-state index contributed by atoms with van der Waals surface area (Å²) >= 11 is 0. The van der Waals surface area contributed by atoms with Crippen LogP contribution in [0.15, 0.2) is 83.6 Å². The number of ether oxygens (including phenoxy) is 3. The van der Waals surface area contributed by atoms with Crippen LogP contribution in [0.2, 0.25) is 0 Å². The summed E-state index contributed by atoms with van der Waals surface area (Å²) in [5.41, 5.74) is 2.58. The number of methoxy groups -OCH3 is 1. The number of aliphatic hydroxyl groups excluding tert-OH is 1. The Morgan fingerprint density at radius 2 is 1.84 bits per heavy atom. The highest BCUT2D eigenvalue weighted by Gasteiger charge is 2.48. The Kier molecular flexibility index (Phi) is 16.4. The lowest BCUT2D eigenvalue weighted by Gasteiger charge is -2.42. The van der Waals surface area contributed by atoms with Gasteiger partial charge in [-0.25, -0.2) is 9.59 Å². The van der Waals surface area contributed by atoms with E-state index in [4.69, 9.17) is 9.47 Å². The maximum atomic E-state index is 12.8. The summed E-state index contributed by atoms with van der Waals surface area (Å²) in [5.74, 6) is -1.40. The molecule has 1 aromatic carbocycles. The number of cyclic esters (lactones) is 1. The van der Waals surface area contributed by atoms with Crippen molar-refractivity contribution in [1.29, 1.82) is 0 Å². The van der Waals surface area contributed by atoms with E-state index in [1.807, 2.05) is 62.4 Å². The van der Waals surface area contributed by atoms with Crippen molar-refractivity contribution in [1.82, 2.24) is 10.3 Å². The summed E-state index contributed by atoms with van der Waals surface area (Å²) in [4.78, 5) is 41.3. The van der Waals surface area contributed by atoms with E-state index in [2.05, 4.69) is 20.0 Å². The van der Waals surface area contributed by atoms with Gasteiger partial charge in [0.1, 0.15) is 23.5 Å². The number of nitrogens with one attached hydrogen (secondary N) is 2. The lowest BCUT2D eigenvalue weighted by atomic mass is 9.68. The van der Waals surface area contributed by atoms with Crippen LogP contribution in [0, 0.1) is 11.8 Å². The molecule has 1 amide bonds. The number of carbonyl (C=O) groups is 3. The molecule has 2 heterocycles. The highest BCUT2D eigenvalue weighted by molar-refractivity contribution is 5.87. The Labute approximate surface area is 288 Å². The Bertz CT molecular complexity index is 1440. The number of aromatic nitrogens is 1. The number of aromatic amines is 1. The first kappa shape index (κ1) is 40.9. The first-order chi connectivity index (χ1) is 23.0. The topological polar surface area (TPSA) is 156 Å². The molecule has 49 heavy (non-hydrogen) atoms. The van der Waals surface area contributed by atoms with Gasteiger partial charge >= 0.3 is 18.0 Å². The monoisotopic (exact) mass is 686 g/mol. The first-order valence-corrected chi connectivity index (χ1v) is 16.0. The summed E-state index contributed by atoms with van der Waals surface area (Å²) in [5, 5.41) is 25.5. The van der Waals surface area contributed by atoms with Crippen LogP contribution in [0.3, 0.4) is 0 Å². The van der Waals surface area contributed by atoms with Gasteiger partial charge in [0.05, 0.1) is 20.3 Å². The highest BCUT2D eigenvalue weighted by Crippen LogP contribution is 2.48. The molecule has 1 aliphatic heterocycles. The van der Waals surface area contributed by atoms with Crippen LogP contribution in [0.1, 0.15) is 69.9 Å². The van der Waals surface area contributed by atoms with Gasteiger partial charge in [-0.3, -0.25) is 4.79 Å². The van der Waals surface area contributed by atoms with E-state index in [1.165, 1.54) is 7.11 Å². The van der Waals surface area contributed by atoms with E-state index >= 15 is 0 Å². The third-order valence-corrected chi connectivity index (χ3v) is 8.69. The van der Waals surface area contributed by atoms with Crippen LogP contribution in [-0.4, -0.2) is 77.9 Å². The lowest BCUT2D eigenvalue weighted by Crippen LogP contribution is -2.47. The van der Waals surface area contributed by atoms with Crippen molar-refractivity contribution in [3.8, 4) is 0 Å². The summed E-state index contributed by atoms with van der Waals surface area (Å²) < 4.78 is 25.6. The number of hydrogen-bond acceptors (Lipinski definition) is 9. The standard InChI is InChI=1S/C29H37NO6.C6H7NO2.CH3FO.CH4/c1-18-17-19(2)29(34)23(11-9-22-10-13-24(31)26(22)29)12-14-25(32)36-27(18)20(3)35-28(33)30-16-15-21-7-5-4-6-8-21;1-9-6(8)5-3-2-4-7-5;1-3-2;/h4-9,11,17-18,20,23-24,27,31,34H,10,12-16H2,1-3H3,(H,30,33);2-4,7H,1H3;1H3;1H4/b19-17+;;;/t18?,20?,23?,24-,27?,29+;;;/m1.../s1. The molecule has 5 rings (SSSR count). The van der Waals surface area contributed by atoms with Crippen molar-refractivity contribution in [2.45, 2.75) is 84.2 Å². The third kappa shape index (κ3) is 10.9. The van der Waals surface area contributed by atoms with Crippen molar-refractivity contribution < 1.29 is 48.3 Å². The van der Waals surface area contributed by atoms with Crippen LogP contribution in [0.25, 0.3) is 0 Å². The van der Waals surface area contributed by atoms with E-state index in [9.17, 15) is 29.1 Å². The summed E-state index contributed by atoms with van der Waals surface area (Å²) in [6.07, 6.45) is 7.29. The van der Waals surface area contributed by atoms with Gasteiger partial charge in [0.15, 0.2) is 0 Å². The average Bonchev–Trinajstić information content (AvgIpc) is 3.74. The van der Waals surface area contributed by atoms with Crippen LogP contribution in [0.4, 0.5) is 9.32 Å². The molecule has 4 N–H and O–H groups in total. The zero-order valence-electron chi connectivity index (χ0n) is 28.1. The second-order valence-electron chi connectivity index (χ2n) is 11.9. The Hall–Kier alpha value is -4.26. The number of alkyl carbamates (subject to hydrolysis) is 1. The van der Waals surface area contributed by atoms with Gasteiger partial charge in [0.2, 0.25) is 0 Å². The van der Waals surface area contributed by atoms with Crippen LogP contribution >= 0.6 is 0 Å². The fraction of sp³-hybridized carbons (Fsp3) is 0.486. The maximum Gasteiger partial charge on any atom is 0.407 e. The number of allylic oxidation sites excluding steroid dienone is 2. The normalized spacial score (nSPS) is 25.9. The number of hydrogen-bond donors (Lipinski definition) is 4. The van der Waals surface area contributed by atoms with Crippen LogP contribution < -0.4 is 5.32 Å². The molecule has 4 unspecified atom stereocenters. The molecule has 0 fully saturated rings. The van der Waals surface area contributed by atoms with Crippen LogP contribution in [-0.2, 0) is 30.4 Å². The van der Waals surface area contributed by atoms with E-state index in [-0.39, 0.29) is 31.7 Å². The van der Waals surface area contributed by atoms with E-state index < -0.39 is 36.0 Å². The van der Waals surface area contributed by atoms with Gasteiger partial charge in [0.25, 0.3) is 0 Å². The first-order valence-electron chi connectivity index (χ1n) is 16.0. The molecule has 2 aliphatic carbocycles. The zero-order chi connectivity index (χ0) is 35.3. The molecule has 6 atom stereocenters. The van der Waals surface area contributed by atoms with Crippen molar-refractivity contribution >= 4 is 18.0 Å². The van der Waals surface area contributed by atoms with Gasteiger partial charge in [-0.15, -0.1) is 0 Å². The molecule has 0 spiro atoms. The molecule has 3 aliphatic rings. The maximum absolute atomic E-state index is 12.8. The van der Waals surface area contributed by atoms with Gasteiger partial charge in [0, 0.05) is 31.0 Å². The summed E-state index contributed by atoms with van der Waals surface area (Å²) in [6.45, 7) is 5.88. The van der Waals surface area contributed by atoms with Gasteiger partial charge in [-0.05, 0) is 78.5 Å². The van der Waals surface area contributed by atoms with E-state index in [0.29, 0.717) is 42.6 Å². The number of esters is 2. The predicted molar refractivity (Wildman–Crippen MR) is 183 cm³/mol. The number of amides is 1. The number of aliphatic hydroxyl groups is 2. The molecule has 0 saturated heterocycles. The van der Waals surface area contributed by atoms with Gasteiger partial charge in [-0.2, -0.15) is 4.94 Å². The second-order valence-corrected chi connectivity index (χ2v) is 11.9. The largest absolute Gasteiger partial charge is 0.464 e. The Morgan fingerprint density at radius 3 is 2.47 bits per heavy atom. The molecule has 0 bridgehead atoms. The van der Waals surface area contributed by atoms with E-state index in [1.54, 1.807) is 25.3 Å². The minimum atomic E-state index is -1.35. The highest BCUT2D eigenvalue weighted by atomic mass is 19.3. The number of H-pyrrole nitrogens is 1. The minimum Gasteiger partial charge on any atom is -0.464 e. The number of rotatable bonds is 6. The van der Waals surface area contributed by atoms with Crippen molar-refractivity contribution in [2.24, 2.45) is 11.8 Å². The third-order valence-electron chi connectivity index (χ3n) is 8.69. The molecule has 0 radical (unpaired) electrons. The molecular formula is C37H51FN2O9. The average molecular weight is 687 g/mol. The van der Waals surface area contributed by atoms with Crippen LogP contribution in [0.5, 0.6) is 0 Å². The molecule has 11 nitrogen and oxygen atoms in total. The quantitative estimate of drug-likeness (QED) is 0.164. The number of benzene rings is 1. The Morgan fingerprint density at radius 1 is 1.14 bits per heavy atom. The minimum absolute atomic E-state index is 0. The fourth-order valence-electron chi connectivity index (χ4n) is 6.37. The van der Waals surface area contributed by atoms with Crippen molar-refractivity contribution in [3.05, 3.63) is 94.9 Å². The molecular weight excluding hydrogens is 635 g/mol. The molecule has 1 aromatic heterocycles. The zero-order valence-corrected chi connectivity index (χ0v) is 28.1. The fourth-order valence-corrected chi connectivity index (χ4v) is 6.37. The van der Waals surface area contributed by atoms with Crippen molar-refractivity contribution in [2.75, 3.05) is 20.8 Å². The number of fused-ring (bicyclic) bond motifs is 2. The SMILES string of the molecule is C.C/C1=C\C(C)C(C(C)OC(=O)NCCc2ccccc2)OC(=O)CCC2C=CC3=C([C@H](O)CC3)[C@]12O.COC(=O)c1ccc[nH]1.COF. The Balaban J connectivity index is 0.000000545. The summed E-state index contributed by atoms with van der Waals surface area (Å²) in [7, 11) is 2.31. The van der Waals surface area contributed by atoms with E-state index in [0.717, 1.165) is 24.7 Å². The smallest absolute Gasteiger partial charge is 0.407 e. The molecule has 0 saturated carbocycles. The second kappa shape index (κ2) is 19.7. The van der Waals surface area contributed by atoms with Gasteiger partial charge in [-0.1, -0.05) is 62.9 Å².